The second-order valence-corrected chi connectivity index (χ2v) is 4.65. The van der Waals surface area contributed by atoms with Crippen LogP contribution in [-0.2, 0) is 20.1 Å². The van der Waals surface area contributed by atoms with Crippen LogP contribution in [0.4, 0.5) is 0 Å². The fourth-order valence-corrected chi connectivity index (χ4v) is 2.46. The Bertz CT molecular complexity index is 693. The van der Waals surface area contributed by atoms with Crippen LogP contribution in [0.3, 0.4) is 0 Å². The van der Waals surface area contributed by atoms with Gasteiger partial charge < -0.3 is 4.57 Å². The number of nitrogens with zero attached hydrogens (tertiary/aromatic N) is 3. The predicted molar refractivity (Wildman–Crippen MR) is 70.5 cm³/mol. The first-order chi connectivity index (χ1) is 8.02. The van der Waals surface area contributed by atoms with Gasteiger partial charge in [0.2, 0.25) is 0 Å². The van der Waals surface area contributed by atoms with E-state index >= 15 is 0 Å². The summed E-state index contributed by atoms with van der Waals surface area (Å²) >= 11 is 3.38. The lowest BCUT2D eigenvalue weighted by molar-refractivity contribution is 0.606. The monoisotopic (exact) mass is 299 g/mol. The van der Waals surface area contributed by atoms with E-state index in [2.05, 4.69) is 15.9 Å². The molecule has 0 bridgehead atoms. The lowest BCUT2D eigenvalue weighted by atomic mass is 10.4. The van der Waals surface area contributed by atoms with Crippen LogP contribution in [-0.4, -0.2) is 13.7 Å². The highest BCUT2D eigenvalue weighted by Gasteiger charge is 2.15. The van der Waals surface area contributed by atoms with Crippen LogP contribution in [0.1, 0.15) is 13.8 Å². The summed E-state index contributed by atoms with van der Waals surface area (Å²) in [4.78, 5) is 24.3. The van der Waals surface area contributed by atoms with Gasteiger partial charge in [-0.1, -0.05) is 0 Å². The molecule has 0 amide bonds. The lowest BCUT2D eigenvalue weighted by Crippen LogP contribution is -2.39. The van der Waals surface area contributed by atoms with Gasteiger partial charge in [-0.25, -0.2) is 4.79 Å². The number of hydrogen-bond donors (Lipinski definition) is 0. The van der Waals surface area contributed by atoms with Crippen molar-refractivity contribution in [2.24, 2.45) is 7.05 Å². The van der Waals surface area contributed by atoms with Crippen LogP contribution < -0.4 is 11.2 Å². The Morgan fingerprint density at radius 2 is 1.76 bits per heavy atom. The van der Waals surface area contributed by atoms with Crippen LogP contribution in [0.25, 0.3) is 11.0 Å². The number of fused-ring (bicyclic) bond motifs is 1. The molecule has 2 aromatic heterocycles. The van der Waals surface area contributed by atoms with Crippen molar-refractivity contribution in [1.29, 1.82) is 0 Å². The number of aryl methyl sites for hydroxylation is 2. The summed E-state index contributed by atoms with van der Waals surface area (Å²) in [5.74, 6) is 0. The Hall–Kier alpha value is -1.30. The molecule has 0 aliphatic rings. The minimum absolute atomic E-state index is 0.231. The maximum absolute atomic E-state index is 12.2. The number of aromatic nitrogens is 3. The van der Waals surface area contributed by atoms with Crippen molar-refractivity contribution in [3.63, 3.8) is 0 Å². The summed E-state index contributed by atoms with van der Waals surface area (Å²) in [5.41, 5.74) is 0.762. The van der Waals surface area contributed by atoms with Gasteiger partial charge in [0, 0.05) is 20.1 Å². The second kappa shape index (κ2) is 4.18. The molecule has 0 aliphatic heterocycles. The maximum atomic E-state index is 12.2. The lowest BCUT2D eigenvalue weighted by Gasteiger charge is -2.09. The van der Waals surface area contributed by atoms with Crippen molar-refractivity contribution in [3.05, 3.63) is 31.5 Å². The predicted octanol–water partition coefficient (Wildman–Crippen LogP) is 1.30. The van der Waals surface area contributed by atoms with E-state index in [0.717, 1.165) is 4.60 Å². The highest BCUT2D eigenvalue weighted by molar-refractivity contribution is 9.10. The van der Waals surface area contributed by atoms with Crippen molar-refractivity contribution in [3.8, 4) is 0 Å². The molecule has 0 spiro atoms. The quantitative estimate of drug-likeness (QED) is 0.839. The van der Waals surface area contributed by atoms with E-state index in [0.29, 0.717) is 24.1 Å². The third-order valence-corrected chi connectivity index (χ3v) is 3.75. The molecular formula is C11H14BrN3O2. The summed E-state index contributed by atoms with van der Waals surface area (Å²) in [6, 6.07) is 1.81. The molecule has 0 atom stereocenters. The molecule has 0 N–H and O–H groups in total. The zero-order valence-corrected chi connectivity index (χ0v) is 11.6. The minimum atomic E-state index is -0.245. The topological polar surface area (TPSA) is 48.9 Å². The third kappa shape index (κ3) is 1.58. The third-order valence-electron chi connectivity index (χ3n) is 2.99. The average molecular weight is 300 g/mol. The van der Waals surface area contributed by atoms with Gasteiger partial charge >= 0.3 is 5.69 Å². The standard InChI is InChI=1S/C11H14BrN3O2/c1-4-14-7-6-8(12)13(3)9(7)10(16)15(5-2)11(14)17/h6H,4-5H2,1-3H3. The van der Waals surface area contributed by atoms with Crippen molar-refractivity contribution in [2.45, 2.75) is 26.9 Å². The molecule has 0 saturated heterocycles. The van der Waals surface area contributed by atoms with E-state index in [-0.39, 0.29) is 11.2 Å². The molecule has 6 heteroatoms. The van der Waals surface area contributed by atoms with Gasteiger partial charge in [-0.05, 0) is 35.8 Å². The van der Waals surface area contributed by atoms with Gasteiger partial charge in [-0.2, -0.15) is 0 Å². The molecule has 5 nitrogen and oxygen atoms in total. The molecule has 0 radical (unpaired) electrons. The van der Waals surface area contributed by atoms with E-state index in [9.17, 15) is 9.59 Å². The molecular weight excluding hydrogens is 286 g/mol. The fourth-order valence-electron chi connectivity index (χ4n) is 2.06. The summed E-state index contributed by atoms with van der Waals surface area (Å²) in [6.45, 7) is 4.63. The van der Waals surface area contributed by atoms with Crippen LogP contribution in [0.2, 0.25) is 0 Å². The number of rotatable bonds is 2. The van der Waals surface area contributed by atoms with E-state index < -0.39 is 0 Å². The number of hydrogen-bond acceptors (Lipinski definition) is 2. The summed E-state index contributed by atoms with van der Waals surface area (Å²) < 4.78 is 5.43. The van der Waals surface area contributed by atoms with Gasteiger partial charge in [0.15, 0.2) is 0 Å². The molecule has 2 aromatic rings. The van der Waals surface area contributed by atoms with Crippen LogP contribution in [0.15, 0.2) is 20.3 Å². The van der Waals surface area contributed by atoms with Gasteiger partial charge in [-0.15, -0.1) is 0 Å². The van der Waals surface area contributed by atoms with Crippen molar-refractivity contribution in [1.82, 2.24) is 13.7 Å². The van der Waals surface area contributed by atoms with Gasteiger partial charge in [0.25, 0.3) is 5.56 Å². The summed E-state index contributed by atoms with van der Waals surface area (Å²) in [5, 5.41) is 0. The van der Waals surface area contributed by atoms with Gasteiger partial charge in [0.1, 0.15) is 5.52 Å². The van der Waals surface area contributed by atoms with Gasteiger partial charge in [-0.3, -0.25) is 13.9 Å². The molecule has 2 rings (SSSR count). The first-order valence-corrected chi connectivity index (χ1v) is 6.30. The first kappa shape index (κ1) is 12.2. The molecule has 92 valence electrons. The van der Waals surface area contributed by atoms with Crippen LogP contribution >= 0.6 is 15.9 Å². The Labute approximate surface area is 106 Å². The SMILES string of the molecule is CCn1c(=O)c2c(cc(Br)n2C)n(CC)c1=O. The minimum Gasteiger partial charge on any atom is -0.333 e. The van der Waals surface area contributed by atoms with Crippen LogP contribution in [0, 0.1) is 0 Å². The van der Waals surface area contributed by atoms with Crippen LogP contribution in [0.5, 0.6) is 0 Å². The number of halogens is 1. The van der Waals surface area contributed by atoms with Crippen molar-refractivity contribution < 1.29 is 0 Å². The highest BCUT2D eigenvalue weighted by atomic mass is 79.9. The molecule has 0 unspecified atom stereocenters. The zero-order chi connectivity index (χ0) is 12.7. The van der Waals surface area contributed by atoms with Gasteiger partial charge in [0.05, 0.1) is 10.1 Å². The zero-order valence-electron chi connectivity index (χ0n) is 10.0. The van der Waals surface area contributed by atoms with E-state index in [1.165, 1.54) is 4.57 Å². The summed E-state index contributed by atoms with van der Waals surface area (Å²) in [6.07, 6.45) is 0. The van der Waals surface area contributed by atoms with Crippen molar-refractivity contribution >= 4 is 27.0 Å². The fraction of sp³-hybridized carbons (Fsp3) is 0.455. The molecule has 2 heterocycles. The van der Waals surface area contributed by atoms with E-state index in [1.54, 1.807) is 23.1 Å². The maximum Gasteiger partial charge on any atom is 0.331 e. The molecule has 0 aromatic carbocycles. The molecule has 0 saturated carbocycles. The van der Waals surface area contributed by atoms with Crippen molar-refractivity contribution in [2.75, 3.05) is 0 Å². The molecule has 0 fully saturated rings. The molecule has 0 aliphatic carbocycles. The molecule has 17 heavy (non-hydrogen) atoms. The Morgan fingerprint density at radius 1 is 1.18 bits per heavy atom. The largest absolute Gasteiger partial charge is 0.333 e. The first-order valence-electron chi connectivity index (χ1n) is 5.51. The average Bonchev–Trinajstić information content (AvgIpc) is 2.57. The smallest absolute Gasteiger partial charge is 0.331 e. The highest BCUT2D eigenvalue weighted by Crippen LogP contribution is 2.18. The Morgan fingerprint density at radius 3 is 2.29 bits per heavy atom. The normalized spacial score (nSPS) is 11.3. The summed E-state index contributed by atoms with van der Waals surface area (Å²) in [7, 11) is 1.80. The second-order valence-electron chi connectivity index (χ2n) is 3.84. The van der Waals surface area contributed by atoms with E-state index in [1.807, 2.05) is 13.0 Å². The van der Waals surface area contributed by atoms with E-state index in [4.69, 9.17) is 0 Å². The Kier molecular flexibility index (Phi) is 2.99. The Balaban J connectivity index is 3.12.